The van der Waals surface area contributed by atoms with Gasteiger partial charge in [-0.05, 0) is 29.3 Å². The number of hydrogen-bond donors (Lipinski definition) is 2. The molecule has 6 heteroatoms. The van der Waals surface area contributed by atoms with Crippen molar-refractivity contribution in [1.29, 1.82) is 0 Å². The van der Waals surface area contributed by atoms with E-state index in [4.69, 9.17) is 5.73 Å². The summed E-state index contributed by atoms with van der Waals surface area (Å²) >= 11 is 0. The van der Waals surface area contributed by atoms with E-state index < -0.39 is 23.4 Å². The Kier molecular flexibility index (Phi) is 4.47. The third kappa shape index (κ3) is 3.75. The zero-order valence-electron chi connectivity index (χ0n) is 11.0. The van der Waals surface area contributed by atoms with Crippen LogP contribution in [0.1, 0.15) is 11.1 Å². The Bertz CT molecular complexity index is 651. The zero-order chi connectivity index (χ0) is 15.4. The van der Waals surface area contributed by atoms with Crippen molar-refractivity contribution in [2.45, 2.75) is 13.0 Å². The Hall–Kier alpha value is -2.50. The second-order valence-corrected chi connectivity index (χ2v) is 4.53. The standard InChI is InChI=1S/C15H13F3N2O/c16-11-5-9(6-12(17)15(11)18)8-20-13-4-2-1-3-10(13)7-14(19)21/h1-6,20H,7-8H2,(H2,19,21). The van der Waals surface area contributed by atoms with Gasteiger partial charge in [-0.25, -0.2) is 13.2 Å². The summed E-state index contributed by atoms with van der Waals surface area (Å²) in [5, 5.41) is 2.95. The van der Waals surface area contributed by atoms with Crippen LogP contribution in [0.2, 0.25) is 0 Å². The molecule has 0 saturated heterocycles. The first-order valence-electron chi connectivity index (χ1n) is 6.21. The molecule has 0 bridgehead atoms. The molecule has 0 fully saturated rings. The monoisotopic (exact) mass is 294 g/mol. The van der Waals surface area contributed by atoms with Gasteiger partial charge >= 0.3 is 0 Å². The number of primary amides is 1. The molecule has 0 aliphatic rings. The summed E-state index contributed by atoms with van der Waals surface area (Å²) in [6.07, 6.45) is 0.0509. The van der Waals surface area contributed by atoms with E-state index in [2.05, 4.69) is 5.32 Å². The number of anilines is 1. The van der Waals surface area contributed by atoms with Crippen LogP contribution in [0.15, 0.2) is 36.4 Å². The third-order valence-corrected chi connectivity index (χ3v) is 2.91. The average Bonchev–Trinajstić information content (AvgIpc) is 2.43. The Morgan fingerprint density at radius 1 is 1.10 bits per heavy atom. The molecule has 0 heterocycles. The molecular weight excluding hydrogens is 281 g/mol. The molecule has 3 nitrogen and oxygen atoms in total. The van der Waals surface area contributed by atoms with Gasteiger partial charge in [-0.1, -0.05) is 18.2 Å². The van der Waals surface area contributed by atoms with Crippen molar-refractivity contribution in [2.24, 2.45) is 5.73 Å². The second-order valence-electron chi connectivity index (χ2n) is 4.53. The molecule has 1 amide bonds. The molecule has 0 aliphatic carbocycles. The minimum Gasteiger partial charge on any atom is -0.381 e. The van der Waals surface area contributed by atoms with Crippen LogP contribution in [0.5, 0.6) is 0 Å². The highest BCUT2D eigenvalue weighted by molar-refractivity contribution is 5.78. The van der Waals surface area contributed by atoms with Crippen LogP contribution in [0.3, 0.4) is 0 Å². The fraction of sp³-hybridized carbons (Fsp3) is 0.133. The van der Waals surface area contributed by atoms with E-state index in [0.29, 0.717) is 11.3 Å². The normalized spacial score (nSPS) is 10.4. The Morgan fingerprint density at radius 2 is 1.71 bits per heavy atom. The second kappa shape index (κ2) is 6.30. The van der Waals surface area contributed by atoms with E-state index in [1.165, 1.54) is 0 Å². The predicted molar refractivity (Wildman–Crippen MR) is 73.0 cm³/mol. The van der Waals surface area contributed by atoms with E-state index in [1.54, 1.807) is 24.3 Å². The van der Waals surface area contributed by atoms with Crippen molar-refractivity contribution in [2.75, 3.05) is 5.32 Å². The summed E-state index contributed by atoms with van der Waals surface area (Å²) in [7, 11) is 0. The SMILES string of the molecule is NC(=O)Cc1ccccc1NCc1cc(F)c(F)c(F)c1. The number of benzene rings is 2. The van der Waals surface area contributed by atoms with Crippen molar-refractivity contribution in [3.05, 3.63) is 65.0 Å². The lowest BCUT2D eigenvalue weighted by Gasteiger charge is -2.11. The molecule has 2 rings (SSSR count). The van der Waals surface area contributed by atoms with Gasteiger partial charge in [0.25, 0.3) is 0 Å². The lowest BCUT2D eigenvalue weighted by molar-refractivity contribution is -0.117. The molecule has 0 aliphatic heterocycles. The van der Waals surface area contributed by atoms with Gasteiger partial charge in [-0.3, -0.25) is 4.79 Å². The highest BCUT2D eigenvalue weighted by Crippen LogP contribution is 2.18. The van der Waals surface area contributed by atoms with E-state index >= 15 is 0 Å². The van der Waals surface area contributed by atoms with E-state index in [1.807, 2.05) is 0 Å². The van der Waals surface area contributed by atoms with Crippen molar-refractivity contribution < 1.29 is 18.0 Å². The number of rotatable bonds is 5. The van der Waals surface area contributed by atoms with Gasteiger partial charge in [0.05, 0.1) is 6.42 Å². The van der Waals surface area contributed by atoms with Crippen LogP contribution in [-0.2, 0) is 17.8 Å². The highest BCUT2D eigenvalue weighted by Gasteiger charge is 2.11. The molecule has 21 heavy (non-hydrogen) atoms. The van der Waals surface area contributed by atoms with Gasteiger partial charge < -0.3 is 11.1 Å². The number of carbonyl (C=O) groups is 1. The van der Waals surface area contributed by atoms with Gasteiger partial charge in [-0.15, -0.1) is 0 Å². The maximum atomic E-state index is 13.1. The lowest BCUT2D eigenvalue weighted by atomic mass is 10.1. The minimum absolute atomic E-state index is 0.0509. The molecule has 0 aromatic heterocycles. The smallest absolute Gasteiger partial charge is 0.221 e. The molecular formula is C15H13F3N2O. The third-order valence-electron chi connectivity index (χ3n) is 2.91. The number of halogens is 3. The molecule has 0 unspecified atom stereocenters. The highest BCUT2D eigenvalue weighted by atomic mass is 19.2. The number of para-hydroxylation sites is 1. The minimum atomic E-state index is -1.49. The van der Waals surface area contributed by atoms with Gasteiger partial charge in [0.2, 0.25) is 5.91 Å². The van der Waals surface area contributed by atoms with Crippen LogP contribution in [-0.4, -0.2) is 5.91 Å². The number of amides is 1. The summed E-state index contributed by atoms with van der Waals surface area (Å²) in [5.74, 6) is -4.45. The number of hydrogen-bond acceptors (Lipinski definition) is 2. The topological polar surface area (TPSA) is 55.1 Å². The van der Waals surface area contributed by atoms with Crippen LogP contribution >= 0.6 is 0 Å². The zero-order valence-corrected chi connectivity index (χ0v) is 11.0. The van der Waals surface area contributed by atoms with E-state index in [0.717, 1.165) is 12.1 Å². The lowest BCUT2D eigenvalue weighted by Crippen LogP contribution is -2.15. The molecule has 2 aromatic carbocycles. The predicted octanol–water partition coefficient (Wildman–Crippen LogP) is 2.74. The Labute approximate surface area is 119 Å². The quantitative estimate of drug-likeness (QED) is 0.833. The van der Waals surface area contributed by atoms with Gasteiger partial charge in [0, 0.05) is 12.2 Å². The van der Waals surface area contributed by atoms with E-state index in [9.17, 15) is 18.0 Å². The molecule has 3 N–H and O–H groups in total. The van der Waals surface area contributed by atoms with Crippen LogP contribution in [0, 0.1) is 17.5 Å². The van der Waals surface area contributed by atoms with Gasteiger partial charge in [0.15, 0.2) is 17.5 Å². The number of carbonyl (C=O) groups excluding carboxylic acids is 1. The summed E-state index contributed by atoms with van der Waals surface area (Å²) in [5.41, 5.74) is 6.70. The molecule has 2 aromatic rings. The fourth-order valence-corrected chi connectivity index (χ4v) is 1.94. The molecule has 0 atom stereocenters. The maximum absolute atomic E-state index is 13.1. The van der Waals surface area contributed by atoms with Crippen LogP contribution < -0.4 is 11.1 Å². The molecule has 110 valence electrons. The van der Waals surface area contributed by atoms with Crippen molar-refractivity contribution in [1.82, 2.24) is 0 Å². The first-order valence-corrected chi connectivity index (χ1v) is 6.21. The number of nitrogens with two attached hydrogens (primary N) is 1. The average molecular weight is 294 g/mol. The van der Waals surface area contributed by atoms with Crippen molar-refractivity contribution >= 4 is 11.6 Å². The summed E-state index contributed by atoms with van der Waals surface area (Å²) in [4.78, 5) is 11.0. The molecule has 0 radical (unpaired) electrons. The van der Waals surface area contributed by atoms with Crippen LogP contribution in [0.4, 0.5) is 18.9 Å². The van der Waals surface area contributed by atoms with E-state index in [-0.39, 0.29) is 18.5 Å². The van der Waals surface area contributed by atoms with Crippen molar-refractivity contribution in [3.8, 4) is 0 Å². The van der Waals surface area contributed by atoms with Gasteiger partial charge in [-0.2, -0.15) is 0 Å². The molecule has 0 saturated carbocycles. The van der Waals surface area contributed by atoms with Crippen molar-refractivity contribution in [3.63, 3.8) is 0 Å². The Morgan fingerprint density at radius 3 is 2.33 bits per heavy atom. The largest absolute Gasteiger partial charge is 0.381 e. The maximum Gasteiger partial charge on any atom is 0.221 e. The number of nitrogens with one attached hydrogen (secondary N) is 1. The summed E-state index contributed by atoms with van der Waals surface area (Å²) in [6.45, 7) is 0.0872. The fourth-order valence-electron chi connectivity index (χ4n) is 1.94. The van der Waals surface area contributed by atoms with Gasteiger partial charge in [0.1, 0.15) is 0 Å². The first kappa shape index (κ1) is 14.9. The summed E-state index contributed by atoms with van der Waals surface area (Å²) in [6, 6.07) is 8.77. The molecule has 0 spiro atoms. The van der Waals surface area contributed by atoms with Crippen LogP contribution in [0.25, 0.3) is 0 Å². The summed E-state index contributed by atoms with van der Waals surface area (Å²) < 4.78 is 39.1. The Balaban J connectivity index is 2.15. The first-order chi connectivity index (χ1) is 9.97.